The lowest BCUT2D eigenvalue weighted by molar-refractivity contribution is -0.145. The summed E-state index contributed by atoms with van der Waals surface area (Å²) in [5, 5.41) is 29.2. The summed E-state index contributed by atoms with van der Waals surface area (Å²) >= 11 is 0. The molecule has 2 rings (SSSR count). The topological polar surface area (TPSA) is 87.0 Å². The molecule has 1 heterocycles. The van der Waals surface area contributed by atoms with Crippen molar-refractivity contribution in [2.75, 3.05) is 6.61 Å². The number of hydrogen-bond acceptors (Lipinski definition) is 5. The Kier molecular flexibility index (Phi) is 5.96. The van der Waals surface area contributed by atoms with E-state index in [-0.39, 0.29) is 18.4 Å². The zero-order valence-corrected chi connectivity index (χ0v) is 12.1. The lowest BCUT2D eigenvalue weighted by atomic mass is 9.90. The van der Waals surface area contributed by atoms with Crippen molar-refractivity contribution in [2.45, 2.75) is 50.4 Å². The molecule has 1 aliphatic carbocycles. The largest absolute Gasteiger partial charge is 0.457 e. The van der Waals surface area contributed by atoms with Gasteiger partial charge in [-0.2, -0.15) is 0 Å². The van der Waals surface area contributed by atoms with Crippen LogP contribution in [0.1, 0.15) is 32.1 Å². The van der Waals surface area contributed by atoms with Gasteiger partial charge in [-0.1, -0.05) is 12.2 Å². The number of carbonyl (C=O) groups excluding carboxylic acids is 1. The molecule has 0 bridgehead atoms. The highest BCUT2D eigenvalue weighted by Gasteiger charge is 2.35. The fraction of sp³-hybridized carbons (Fsp3) is 0.688. The fourth-order valence-corrected chi connectivity index (χ4v) is 3.13. The number of esters is 1. The predicted molar refractivity (Wildman–Crippen MR) is 77.3 cm³/mol. The summed E-state index contributed by atoms with van der Waals surface area (Å²) in [5.41, 5.74) is 0. The number of rotatable bonds is 1. The maximum absolute atomic E-state index is 11.7. The quantitative estimate of drug-likeness (QED) is 0.495. The summed E-state index contributed by atoms with van der Waals surface area (Å²) in [5.74, 6) is -0.491. The second-order valence-corrected chi connectivity index (χ2v) is 5.90. The first-order valence-electron chi connectivity index (χ1n) is 7.62. The molecular formula is C16H24O5. The van der Waals surface area contributed by atoms with Crippen molar-refractivity contribution in [3.05, 3.63) is 24.3 Å². The molecule has 5 atom stereocenters. The SMILES string of the molecule is O=C1/C=C/[C@@H](O)[C@@H]2C[C@@H](O)C[C@H]2/C=C/CCC[C@H](CO)O1. The maximum atomic E-state index is 11.7. The van der Waals surface area contributed by atoms with Gasteiger partial charge in [0.2, 0.25) is 0 Å². The average molecular weight is 296 g/mol. The Morgan fingerprint density at radius 3 is 2.81 bits per heavy atom. The molecular weight excluding hydrogens is 272 g/mol. The number of ether oxygens (including phenoxy) is 1. The van der Waals surface area contributed by atoms with Gasteiger partial charge in [0.15, 0.2) is 0 Å². The van der Waals surface area contributed by atoms with E-state index >= 15 is 0 Å². The lowest BCUT2D eigenvalue weighted by Crippen LogP contribution is -2.23. The highest BCUT2D eigenvalue weighted by atomic mass is 16.5. The van der Waals surface area contributed by atoms with Gasteiger partial charge in [0.05, 0.1) is 18.8 Å². The van der Waals surface area contributed by atoms with E-state index < -0.39 is 24.3 Å². The maximum Gasteiger partial charge on any atom is 0.330 e. The average Bonchev–Trinajstić information content (AvgIpc) is 2.83. The van der Waals surface area contributed by atoms with Gasteiger partial charge in [-0.15, -0.1) is 0 Å². The molecule has 21 heavy (non-hydrogen) atoms. The van der Waals surface area contributed by atoms with E-state index in [1.165, 1.54) is 12.2 Å². The van der Waals surface area contributed by atoms with E-state index in [0.29, 0.717) is 19.3 Å². The molecule has 2 aliphatic rings. The van der Waals surface area contributed by atoms with Crippen LogP contribution in [0.2, 0.25) is 0 Å². The summed E-state index contributed by atoms with van der Waals surface area (Å²) in [4.78, 5) is 11.7. The van der Waals surface area contributed by atoms with Crippen LogP contribution in [-0.4, -0.2) is 46.2 Å². The zero-order chi connectivity index (χ0) is 15.2. The molecule has 0 aromatic carbocycles. The van der Waals surface area contributed by atoms with Gasteiger partial charge in [-0.3, -0.25) is 0 Å². The number of carbonyl (C=O) groups is 1. The van der Waals surface area contributed by atoms with Crippen molar-refractivity contribution in [3.8, 4) is 0 Å². The number of aliphatic hydroxyl groups is 3. The molecule has 3 N–H and O–H groups in total. The molecule has 1 aliphatic heterocycles. The van der Waals surface area contributed by atoms with Crippen molar-refractivity contribution < 1.29 is 24.9 Å². The Balaban J connectivity index is 2.10. The third-order valence-electron chi connectivity index (χ3n) is 4.27. The summed E-state index contributed by atoms with van der Waals surface area (Å²) in [6.07, 6.45) is 8.54. The second-order valence-electron chi connectivity index (χ2n) is 5.90. The van der Waals surface area contributed by atoms with Crippen LogP contribution in [0.5, 0.6) is 0 Å². The zero-order valence-electron chi connectivity index (χ0n) is 12.1. The van der Waals surface area contributed by atoms with E-state index in [1.807, 2.05) is 0 Å². The molecule has 118 valence electrons. The molecule has 0 aromatic heterocycles. The number of fused-ring (bicyclic) bond motifs is 1. The summed E-state index contributed by atoms with van der Waals surface area (Å²) in [7, 11) is 0. The first kappa shape index (κ1) is 16.2. The van der Waals surface area contributed by atoms with Crippen LogP contribution in [0.15, 0.2) is 24.3 Å². The van der Waals surface area contributed by atoms with Gasteiger partial charge in [0.1, 0.15) is 6.10 Å². The standard InChI is InChI=1S/C16H24O5/c17-10-13-5-3-1-2-4-11-8-12(18)9-14(11)15(19)6-7-16(20)21-13/h2,4,6-7,11-15,17-19H,1,3,5,8-10H2/b4-2+,7-6+/t11-,12+,13-,14-,15-/m1/s1. The summed E-state index contributed by atoms with van der Waals surface area (Å²) < 4.78 is 5.13. The number of hydrogen-bond donors (Lipinski definition) is 3. The van der Waals surface area contributed by atoms with E-state index in [2.05, 4.69) is 12.2 Å². The first-order chi connectivity index (χ1) is 10.1. The van der Waals surface area contributed by atoms with Crippen LogP contribution in [0.25, 0.3) is 0 Å². The molecule has 1 fully saturated rings. The van der Waals surface area contributed by atoms with Gasteiger partial charge in [-0.25, -0.2) is 4.79 Å². The first-order valence-corrected chi connectivity index (χ1v) is 7.62. The molecule has 5 nitrogen and oxygen atoms in total. The Labute approximate surface area is 124 Å². The van der Waals surface area contributed by atoms with E-state index in [9.17, 15) is 20.1 Å². The minimum absolute atomic E-state index is 0.0744. The smallest absolute Gasteiger partial charge is 0.330 e. The molecule has 0 spiro atoms. The molecule has 1 saturated carbocycles. The highest BCUT2D eigenvalue weighted by molar-refractivity contribution is 5.82. The van der Waals surface area contributed by atoms with Gasteiger partial charge in [0, 0.05) is 6.08 Å². The van der Waals surface area contributed by atoms with Crippen LogP contribution in [-0.2, 0) is 9.53 Å². The van der Waals surface area contributed by atoms with E-state index in [0.717, 1.165) is 12.8 Å². The second kappa shape index (κ2) is 7.73. The molecule has 0 amide bonds. The van der Waals surface area contributed by atoms with Crippen LogP contribution in [0, 0.1) is 11.8 Å². The van der Waals surface area contributed by atoms with Crippen LogP contribution >= 0.6 is 0 Å². The number of allylic oxidation sites excluding steroid dienone is 2. The van der Waals surface area contributed by atoms with Crippen LogP contribution in [0.3, 0.4) is 0 Å². The molecule has 0 radical (unpaired) electrons. The third kappa shape index (κ3) is 4.66. The third-order valence-corrected chi connectivity index (χ3v) is 4.27. The minimum atomic E-state index is -0.780. The summed E-state index contributed by atoms with van der Waals surface area (Å²) in [6, 6.07) is 0. The van der Waals surface area contributed by atoms with Gasteiger partial charge >= 0.3 is 5.97 Å². The van der Waals surface area contributed by atoms with Crippen molar-refractivity contribution in [3.63, 3.8) is 0 Å². The number of aliphatic hydroxyl groups excluding tert-OH is 3. The Morgan fingerprint density at radius 1 is 1.24 bits per heavy atom. The molecule has 0 saturated heterocycles. The fourth-order valence-electron chi connectivity index (χ4n) is 3.13. The predicted octanol–water partition coefficient (Wildman–Crippen LogP) is 0.935. The van der Waals surface area contributed by atoms with Crippen molar-refractivity contribution >= 4 is 5.97 Å². The van der Waals surface area contributed by atoms with Crippen molar-refractivity contribution in [1.82, 2.24) is 0 Å². The number of cyclic esters (lactones) is 1. The Hall–Kier alpha value is -1.17. The lowest BCUT2D eigenvalue weighted by Gasteiger charge is -2.19. The minimum Gasteiger partial charge on any atom is -0.457 e. The molecule has 0 unspecified atom stereocenters. The van der Waals surface area contributed by atoms with Gasteiger partial charge in [0.25, 0.3) is 0 Å². The monoisotopic (exact) mass is 296 g/mol. The van der Waals surface area contributed by atoms with E-state index in [1.54, 1.807) is 0 Å². The Bertz CT molecular complexity index is 403. The van der Waals surface area contributed by atoms with Crippen LogP contribution < -0.4 is 0 Å². The van der Waals surface area contributed by atoms with Gasteiger partial charge < -0.3 is 20.1 Å². The molecule has 5 heteroatoms. The van der Waals surface area contributed by atoms with Crippen molar-refractivity contribution in [2.24, 2.45) is 11.8 Å². The normalized spacial score (nSPS) is 41.1. The van der Waals surface area contributed by atoms with Crippen molar-refractivity contribution in [1.29, 1.82) is 0 Å². The van der Waals surface area contributed by atoms with Crippen LogP contribution in [0.4, 0.5) is 0 Å². The van der Waals surface area contributed by atoms with Gasteiger partial charge in [-0.05, 0) is 50.0 Å². The summed E-state index contributed by atoms with van der Waals surface area (Å²) in [6.45, 7) is -0.191. The van der Waals surface area contributed by atoms with E-state index in [4.69, 9.17) is 4.74 Å². The highest BCUT2D eigenvalue weighted by Crippen LogP contribution is 2.36. The molecule has 0 aromatic rings. The Morgan fingerprint density at radius 2 is 2.05 bits per heavy atom.